The van der Waals surface area contributed by atoms with Crippen LogP contribution in [0.1, 0.15) is 32.3 Å². The Morgan fingerprint density at radius 1 is 1.04 bits per heavy atom. The minimum Gasteiger partial charge on any atom is -0.486 e. The van der Waals surface area contributed by atoms with Gasteiger partial charge in [0, 0.05) is 10.6 Å². The van der Waals surface area contributed by atoms with E-state index < -0.39 is 0 Å². The number of thioether (sulfide) groups is 1. The number of rotatable bonds is 5. The summed E-state index contributed by atoms with van der Waals surface area (Å²) in [5.41, 5.74) is 2.03. The third kappa shape index (κ3) is 4.28. The van der Waals surface area contributed by atoms with E-state index in [0.717, 1.165) is 27.6 Å². The van der Waals surface area contributed by atoms with Gasteiger partial charge in [-0.2, -0.15) is 0 Å². The third-order valence-corrected chi connectivity index (χ3v) is 5.13. The molecule has 1 N–H and O–H groups in total. The Morgan fingerprint density at radius 2 is 1.76 bits per heavy atom. The summed E-state index contributed by atoms with van der Waals surface area (Å²) in [7, 11) is 0. The fraction of sp³-hybridized carbons (Fsp3) is 0.350. The maximum Gasteiger partial charge on any atom is 0.237 e. The van der Waals surface area contributed by atoms with Crippen molar-refractivity contribution in [2.75, 3.05) is 18.5 Å². The smallest absolute Gasteiger partial charge is 0.237 e. The second-order valence-corrected chi connectivity index (χ2v) is 7.71. The Balaban J connectivity index is 1.67. The van der Waals surface area contributed by atoms with Crippen LogP contribution in [0.5, 0.6) is 11.5 Å². The minimum atomic E-state index is -0.220. The van der Waals surface area contributed by atoms with Gasteiger partial charge in [0.2, 0.25) is 5.91 Å². The van der Waals surface area contributed by atoms with Gasteiger partial charge in [-0.25, -0.2) is 0 Å². The van der Waals surface area contributed by atoms with Crippen molar-refractivity contribution in [2.24, 2.45) is 0 Å². The zero-order valence-corrected chi connectivity index (χ0v) is 15.6. The predicted octanol–water partition coefficient (Wildman–Crippen LogP) is 4.70. The summed E-state index contributed by atoms with van der Waals surface area (Å²) in [5.74, 6) is 1.86. The SMILES string of the molecule is CC(C)c1ccccc1NC(=O)[C@H](C)Sc1ccc2c(c1)OCCO2. The highest BCUT2D eigenvalue weighted by molar-refractivity contribution is 8.00. The molecule has 1 atom stereocenters. The molecule has 4 nitrogen and oxygen atoms in total. The lowest BCUT2D eigenvalue weighted by molar-refractivity contribution is -0.115. The van der Waals surface area contributed by atoms with Crippen LogP contribution in [-0.4, -0.2) is 24.4 Å². The molecule has 2 aromatic carbocycles. The molecule has 132 valence electrons. The van der Waals surface area contributed by atoms with Gasteiger partial charge in [-0.15, -0.1) is 11.8 Å². The summed E-state index contributed by atoms with van der Waals surface area (Å²) in [5, 5.41) is 2.84. The minimum absolute atomic E-state index is 0.00649. The van der Waals surface area contributed by atoms with Gasteiger partial charge in [0.25, 0.3) is 0 Å². The first kappa shape index (κ1) is 17.7. The average Bonchev–Trinajstić information content (AvgIpc) is 2.61. The summed E-state index contributed by atoms with van der Waals surface area (Å²) < 4.78 is 11.1. The normalized spacial score (nSPS) is 14.2. The van der Waals surface area contributed by atoms with Crippen LogP contribution >= 0.6 is 11.8 Å². The van der Waals surface area contributed by atoms with E-state index in [1.807, 2.05) is 43.3 Å². The highest BCUT2D eigenvalue weighted by Gasteiger charge is 2.18. The maximum atomic E-state index is 12.6. The van der Waals surface area contributed by atoms with E-state index in [1.165, 1.54) is 11.8 Å². The average molecular weight is 357 g/mol. The number of carbonyl (C=O) groups excluding carboxylic acids is 1. The number of ether oxygens (including phenoxy) is 2. The van der Waals surface area contributed by atoms with Crippen LogP contribution in [0.25, 0.3) is 0 Å². The lowest BCUT2D eigenvalue weighted by Crippen LogP contribution is -2.23. The van der Waals surface area contributed by atoms with E-state index in [2.05, 4.69) is 25.2 Å². The zero-order valence-electron chi connectivity index (χ0n) is 14.7. The maximum absolute atomic E-state index is 12.6. The van der Waals surface area contributed by atoms with Gasteiger partial charge in [0.15, 0.2) is 11.5 Å². The number of hydrogen-bond acceptors (Lipinski definition) is 4. The van der Waals surface area contributed by atoms with Gasteiger partial charge in [0.1, 0.15) is 13.2 Å². The number of anilines is 1. The van der Waals surface area contributed by atoms with Crippen molar-refractivity contribution in [1.29, 1.82) is 0 Å². The molecule has 1 heterocycles. The summed E-state index contributed by atoms with van der Waals surface area (Å²) in [6.45, 7) is 7.29. The highest BCUT2D eigenvalue weighted by atomic mass is 32.2. The molecule has 5 heteroatoms. The largest absolute Gasteiger partial charge is 0.486 e. The Morgan fingerprint density at radius 3 is 2.52 bits per heavy atom. The van der Waals surface area contributed by atoms with Crippen LogP contribution in [0.15, 0.2) is 47.4 Å². The number of para-hydroxylation sites is 1. The van der Waals surface area contributed by atoms with Crippen molar-refractivity contribution in [2.45, 2.75) is 36.8 Å². The highest BCUT2D eigenvalue weighted by Crippen LogP contribution is 2.35. The molecule has 0 aromatic heterocycles. The molecule has 25 heavy (non-hydrogen) atoms. The van der Waals surface area contributed by atoms with Crippen molar-refractivity contribution < 1.29 is 14.3 Å². The van der Waals surface area contributed by atoms with Crippen molar-refractivity contribution in [3.63, 3.8) is 0 Å². The first-order chi connectivity index (χ1) is 12.0. The molecule has 3 rings (SSSR count). The molecule has 1 aliphatic rings. The van der Waals surface area contributed by atoms with E-state index in [9.17, 15) is 4.79 Å². The van der Waals surface area contributed by atoms with Crippen molar-refractivity contribution in [3.8, 4) is 11.5 Å². The molecule has 0 fully saturated rings. The van der Waals surface area contributed by atoms with E-state index in [1.54, 1.807) is 0 Å². The van der Waals surface area contributed by atoms with Gasteiger partial charge in [-0.3, -0.25) is 4.79 Å². The topological polar surface area (TPSA) is 47.6 Å². The molecule has 0 saturated heterocycles. The molecule has 1 aliphatic heterocycles. The number of nitrogens with one attached hydrogen (secondary N) is 1. The summed E-state index contributed by atoms with van der Waals surface area (Å²) >= 11 is 1.51. The molecular weight excluding hydrogens is 334 g/mol. The monoisotopic (exact) mass is 357 g/mol. The Labute approximate surface area is 152 Å². The first-order valence-electron chi connectivity index (χ1n) is 8.50. The van der Waals surface area contributed by atoms with E-state index in [-0.39, 0.29) is 11.2 Å². The second-order valence-electron chi connectivity index (χ2n) is 6.30. The molecule has 0 radical (unpaired) electrons. The van der Waals surface area contributed by atoms with Crippen molar-refractivity contribution >= 4 is 23.4 Å². The van der Waals surface area contributed by atoms with Crippen LogP contribution in [0.2, 0.25) is 0 Å². The molecule has 0 aliphatic carbocycles. The van der Waals surface area contributed by atoms with E-state index in [0.29, 0.717) is 19.1 Å². The van der Waals surface area contributed by atoms with Crippen LogP contribution in [0, 0.1) is 0 Å². The van der Waals surface area contributed by atoms with Gasteiger partial charge in [0.05, 0.1) is 5.25 Å². The summed E-state index contributed by atoms with van der Waals surface area (Å²) in [4.78, 5) is 13.6. The summed E-state index contributed by atoms with van der Waals surface area (Å²) in [6, 6.07) is 13.7. The Bertz CT molecular complexity index is 760. The second kappa shape index (κ2) is 7.83. The molecule has 1 amide bonds. The third-order valence-electron chi connectivity index (χ3n) is 4.04. The molecule has 0 saturated carbocycles. The summed E-state index contributed by atoms with van der Waals surface area (Å²) in [6.07, 6.45) is 0. The van der Waals surface area contributed by atoms with Crippen molar-refractivity contribution in [3.05, 3.63) is 48.0 Å². The Kier molecular flexibility index (Phi) is 5.53. The quantitative estimate of drug-likeness (QED) is 0.788. The van der Waals surface area contributed by atoms with Crippen LogP contribution in [0.3, 0.4) is 0 Å². The molecule has 0 spiro atoms. The Hall–Kier alpha value is -2.14. The van der Waals surface area contributed by atoms with Crippen molar-refractivity contribution in [1.82, 2.24) is 0 Å². The number of fused-ring (bicyclic) bond motifs is 1. The van der Waals surface area contributed by atoms with Crippen LogP contribution in [0.4, 0.5) is 5.69 Å². The van der Waals surface area contributed by atoms with E-state index >= 15 is 0 Å². The molecule has 0 unspecified atom stereocenters. The fourth-order valence-corrected chi connectivity index (χ4v) is 3.60. The number of amides is 1. The first-order valence-corrected chi connectivity index (χ1v) is 9.38. The number of hydrogen-bond donors (Lipinski definition) is 1. The number of carbonyl (C=O) groups is 1. The van der Waals surface area contributed by atoms with Crippen LogP contribution in [-0.2, 0) is 4.79 Å². The molecule has 0 bridgehead atoms. The number of benzene rings is 2. The zero-order chi connectivity index (χ0) is 17.8. The lowest BCUT2D eigenvalue weighted by Gasteiger charge is -2.20. The van der Waals surface area contributed by atoms with E-state index in [4.69, 9.17) is 9.47 Å². The van der Waals surface area contributed by atoms with Gasteiger partial charge < -0.3 is 14.8 Å². The van der Waals surface area contributed by atoms with Gasteiger partial charge in [-0.05, 0) is 42.7 Å². The lowest BCUT2D eigenvalue weighted by atomic mass is 10.0. The fourth-order valence-electron chi connectivity index (χ4n) is 2.70. The molecule has 2 aromatic rings. The van der Waals surface area contributed by atoms with Crippen LogP contribution < -0.4 is 14.8 Å². The predicted molar refractivity (Wildman–Crippen MR) is 102 cm³/mol. The van der Waals surface area contributed by atoms with Gasteiger partial charge in [-0.1, -0.05) is 32.0 Å². The standard InChI is InChI=1S/C20H23NO3S/c1-13(2)16-6-4-5-7-17(16)21-20(22)14(3)25-15-8-9-18-19(12-15)24-11-10-23-18/h4-9,12-14H,10-11H2,1-3H3,(H,21,22)/t14-/m0/s1. The van der Waals surface area contributed by atoms with Gasteiger partial charge >= 0.3 is 0 Å². The molecular formula is C20H23NO3S.